The first kappa shape index (κ1) is 17.9. The number of sulfonamides is 2. The lowest BCUT2D eigenvalue weighted by atomic mass is 10.2. The van der Waals surface area contributed by atoms with Crippen LogP contribution in [0, 0.1) is 0 Å². The quantitative estimate of drug-likeness (QED) is 0.658. The number of aromatic nitrogens is 1. The molecule has 0 amide bonds. The van der Waals surface area contributed by atoms with Crippen LogP contribution in [0.15, 0.2) is 70.6 Å². The fourth-order valence-corrected chi connectivity index (χ4v) is 5.22. The highest BCUT2D eigenvalue weighted by Crippen LogP contribution is 2.26. The average molecular weight is 403 g/mol. The number of rotatable bonds is 6. The summed E-state index contributed by atoms with van der Waals surface area (Å²) in [5.74, 6) is 0. The zero-order valence-corrected chi connectivity index (χ0v) is 15.8. The van der Waals surface area contributed by atoms with Gasteiger partial charge >= 0.3 is 0 Å². The zero-order valence-electron chi connectivity index (χ0n) is 14.2. The number of benzene rings is 2. The lowest BCUT2D eigenvalue weighted by molar-refractivity contribution is 0.580. The van der Waals surface area contributed by atoms with Gasteiger partial charge in [0.2, 0.25) is 10.0 Å². The molecule has 1 aliphatic carbocycles. The number of hydrogen-bond donors (Lipinski definition) is 2. The number of para-hydroxylation sites is 1. The Morgan fingerprint density at radius 2 is 1.52 bits per heavy atom. The predicted octanol–water partition coefficient (Wildman–Crippen LogP) is 2.48. The Kier molecular flexibility index (Phi) is 4.37. The van der Waals surface area contributed by atoms with Crippen molar-refractivity contribution in [2.24, 2.45) is 0 Å². The largest absolute Gasteiger partial charge is 0.277 e. The summed E-state index contributed by atoms with van der Waals surface area (Å²) in [6.07, 6.45) is 3.18. The van der Waals surface area contributed by atoms with Crippen molar-refractivity contribution in [3.05, 3.63) is 60.8 Å². The Labute approximate surface area is 157 Å². The molecule has 0 radical (unpaired) electrons. The minimum atomic E-state index is -3.98. The molecule has 1 aliphatic rings. The van der Waals surface area contributed by atoms with Crippen LogP contribution in [0.1, 0.15) is 12.8 Å². The van der Waals surface area contributed by atoms with E-state index in [-0.39, 0.29) is 15.8 Å². The molecule has 1 fully saturated rings. The fourth-order valence-electron chi connectivity index (χ4n) is 2.69. The van der Waals surface area contributed by atoms with Gasteiger partial charge in [0.15, 0.2) is 0 Å². The fraction of sp³-hybridized carbons (Fsp3) is 0.167. The molecule has 0 aliphatic heterocycles. The van der Waals surface area contributed by atoms with Crippen molar-refractivity contribution in [1.82, 2.24) is 9.71 Å². The summed E-state index contributed by atoms with van der Waals surface area (Å²) in [7, 11) is -7.72. The van der Waals surface area contributed by atoms with Gasteiger partial charge in [-0.05, 0) is 43.2 Å². The Balaban J connectivity index is 1.69. The molecule has 4 rings (SSSR count). The van der Waals surface area contributed by atoms with Crippen LogP contribution in [0.25, 0.3) is 10.9 Å². The number of fused-ring (bicyclic) bond motifs is 1. The molecule has 0 spiro atoms. The molecular formula is C18H17N3O4S2. The molecule has 0 atom stereocenters. The van der Waals surface area contributed by atoms with Gasteiger partial charge in [-0.15, -0.1) is 0 Å². The topological polar surface area (TPSA) is 105 Å². The molecule has 9 heteroatoms. The third kappa shape index (κ3) is 3.80. The molecular weight excluding hydrogens is 386 g/mol. The van der Waals surface area contributed by atoms with Crippen LogP contribution < -0.4 is 9.44 Å². The predicted molar refractivity (Wildman–Crippen MR) is 102 cm³/mol. The van der Waals surface area contributed by atoms with E-state index in [9.17, 15) is 16.8 Å². The van der Waals surface area contributed by atoms with Crippen molar-refractivity contribution < 1.29 is 16.8 Å². The molecule has 2 N–H and O–H groups in total. The Morgan fingerprint density at radius 3 is 2.26 bits per heavy atom. The molecule has 1 saturated carbocycles. The first-order chi connectivity index (χ1) is 12.9. The number of anilines is 1. The second-order valence-electron chi connectivity index (χ2n) is 6.36. The van der Waals surface area contributed by atoms with Crippen molar-refractivity contribution in [3.8, 4) is 0 Å². The number of nitrogens with one attached hydrogen (secondary N) is 2. The third-order valence-electron chi connectivity index (χ3n) is 4.20. The third-order valence-corrected chi connectivity index (χ3v) is 7.08. The van der Waals surface area contributed by atoms with E-state index >= 15 is 0 Å². The van der Waals surface area contributed by atoms with E-state index in [0.29, 0.717) is 11.2 Å². The van der Waals surface area contributed by atoms with Gasteiger partial charge in [-0.1, -0.05) is 24.3 Å². The molecule has 1 aromatic heterocycles. The second-order valence-corrected chi connectivity index (χ2v) is 9.75. The summed E-state index contributed by atoms with van der Waals surface area (Å²) in [5.41, 5.74) is 0.847. The average Bonchev–Trinajstić information content (AvgIpc) is 3.45. The van der Waals surface area contributed by atoms with Crippen molar-refractivity contribution in [3.63, 3.8) is 0 Å². The van der Waals surface area contributed by atoms with Crippen LogP contribution in [0.5, 0.6) is 0 Å². The minimum Gasteiger partial charge on any atom is -0.277 e. The highest BCUT2D eigenvalue weighted by atomic mass is 32.2. The van der Waals surface area contributed by atoms with E-state index in [0.717, 1.165) is 24.3 Å². The first-order valence-corrected chi connectivity index (χ1v) is 11.3. The lowest BCUT2D eigenvalue weighted by Gasteiger charge is -2.11. The van der Waals surface area contributed by atoms with Crippen molar-refractivity contribution >= 4 is 36.6 Å². The molecule has 0 unspecified atom stereocenters. The molecule has 0 bridgehead atoms. The van der Waals surface area contributed by atoms with E-state index < -0.39 is 20.0 Å². The van der Waals surface area contributed by atoms with Gasteiger partial charge in [-0.3, -0.25) is 9.71 Å². The van der Waals surface area contributed by atoms with E-state index in [1.165, 1.54) is 18.2 Å². The molecule has 3 aromatic rings. The van der Waals surface area contributed by atoms with Gasteiger partial charge in [-0.25, -0.2) is 21.6 Å². The van der Waals surface area contributed by atoms with E-state index in [4.69, 9.17) is 0 Å². The molecule has 2 aromatic carbocycles. The summed E-state index contributed by atoms with van der Waals surface area (Å²) < 4.78 is 55.4. The standard InChI is InChI=1S/C18H17N3O4S2/c22-26(23,20-14-9-10-14)15-6-2-7-16(12-15)27(24,25)21-17-8-1-4-13-5-3-11-19-18(13)17/h1-8,11-12,14,20-21H,9-10H2. The smallest absolute Gasteiger partial charge is 0.262 e. The minimum absolute atomic E-state index is 0.0601. The maximum absolute atomic E-state index is 12.8. The summed E-state index contributed by atoms with van der Waals surface area (Å²) >= 11 is 0. The van der Waals surface area contributed by atoms with Crippen LogP contribution in [-0.4, -0.2) is 27.9 Å². The summed E-state index contributed by atoms with van der Waals surface area (Å²) in [6.45, 7) is 0. The van der Waals surface area contributed by atoms with Crippen LogP contribution >= 0.6 is 0 Å². The number of pyridine rings is 1. The Bertz CT molecular complexity index is 1210. The SMILES string of the molecule is O=S(=O)(Nc1cccc2cccnc12)c1cccc(S(=O)(=O)NC2CC2)c1. The van der Waals surface area contributed by atoms with Crippen molar-refractivity contribution in [2.45, 2.75) is 28.7 Å². The van der Waals surface area contributed by atoms with Gasteiger partial charge in [0.1, 0.15) is 0 Å². The highest BCUT2D eigenvalue weighted by Gasteiger charge is 2.28. The first-order valence-electron chi connectivity index (χ1n) is 8.34. The van der Waals surface area contributed by atoms with E-state index in [1.54, 1.807) is 24.4 Å². The second kappa shape index (κ2) is 6.59. The summed E-state index contributed by atoms with van der Waals surface area (Å²) in [6, 6.07) is 14.0. The summed E-state index contributed by atoms with van der Waals surface area (Å²) in [4.78, 5) is 4.02. The van der Waals surface area contributed by atoms with Gasteiger partial charge in [0, 0.05) is 17.6 Å². The lowest BCUT2D eigenvalue weighted by Crippen LogP contribution is -2.26. The van der Waals surface area contributed by atoms with Crippen molar-refractivity contribution in [1.29, 1.82) is 0 Å². The van der Waals surface area contributed by atoms with Gasteiger partial charge in [-0.2, -0.15) is 0 Å². The molecule has 140 valence electrons. The molecule has 27 heavy (non-hydrogen) atoms. The van der Waals surface area contributed by atoms with Crippen LogP contribution in [0.3, 0.4) is 0 Å². The summed E-state index contributed by atoms with van der Waals surface area (Å²) in [5, 5.41) is 0.794. The molecule has 7 nitrogen and oxygen atoms in total. The molecule has 0 saturated heterocycles. The van der Waals surface area contributed by atoms with Crippen molar-refractivity contribution in [2.75, 3.05) is 4.72 Å². The maximum atomic E-state index is 12.8. The van der Waals surface area contributed by atoms with Gasteiger partial charge in [0.25, 0.3) is 10.0 Å². The van der Waals surface area contributed by atoms with Crippen LogP contribution in [-0.2, 0) is 20.0 Å². The van der Waals surface area contributed by atoms with Crippen LogP contribution in [0.2, 0.25) is 0 Å². The maximum Gasteiger partial charge on any atom is 0.262 e. The number of nitrogens with zero attached hydrogens (tertiary/aromatic N) is 1. The monoisotopic (exact) mass is 403 g/mol. The Hall–Kier alpha value is -2.49. The van der Waals surface area contributed by atoms with Gasteiger partial charge < -0.3 is 0 Å². The number of hydrogen-bond acceptors (Lipinski definition) is 5. The molecule has 1 heterocycles. The normalized spacial score (nSPS) is 15.0. The van der Waals surface area contributed by atoms with E-state index in [1.807, 2.05) is 12.1 Å². The Morgan fingerprint density at radius 1 is 0.852 bits per heavy atom. The zero-order chi connectivity index (χ0) is 19.1. The van der Waals surface area contributed by atoms with E-state index in [2.05, 4.69) is 14.4 Å². The van der Waals surface area contributed by atoms with Gasteiger partial charge in [0.05, 0.1) is 21.0 Å². The van der Waals surface area contributed by atoms with Crippen LogP contribution in [0.4, 0.5) is 5.69 Å². The highest BCUT2D eigenvalue weighted by molar-refractivity contribution is 7.93.